The Kier molecular flexibility index (Phi) is 3.06. The number of ether oxygens (including phenoxy) is 1. The molecule has 0 heterocycles. The molecular formula is C9H16O2. The van der Waals surface area contributed by atoms with Crippen LogP contribution in [0.1, 0.15) is 33.1 Å². The summed E-state index contributed by atoms with van der Waals surface area (Å²) in [6.45, 7) is 5.17. The second-order valence-electron chi connectivity index (χ2n) is 3.62. The van der Waals surface area contributed by atoms with Crippen molar-refractivity contribution in [1.29, 1.82) is 0 Å². The topological polar surface area (TPSA) is 26.3 Å². The molecule has 0 amide bonds. The minimum absolute atomic E-state index is 0.251. The molecule has 1 aliphatic rings. The highest BCUT2D eigenvalue weighted by Gasteiger charge is 2.26. The molecule has 0 spiro atoms. The van der Waals surface area contributed by atoms with E-state index in [1.165, 1.54) is 0 Å². The van der Waals surface area contributed by atoms with Gasteiger partial charge in [0.25, 0.3) is 0 Å². The van der Waals surface area contributed by atoms with Gasteiger partial charge >= 0.3 is 0 Å². The molecule has 1 fully saturated rings. The standard InChI is InChI=1S/C9H16O2/c1-7(2)3-4-11-9-5-8(10)6-9/h7,9H,3-6H2,1-2H3. The van der Waals surface area contributed by atoms with Crippen LogP contribution in [0.2, 0.25) is 0 Å². The van der Waals surface area contributed by atoms with Crippen LogP contribution in [0.4, 0.5) is 0 Å². The molecule has 1 rings (SSSR count). The van der Waals surface area contributed by atoms with Gasteiger partial charge in [0.15, 0.2) is 0 Å². The lowest BCUT2D eigenvalue weighted by Crippen LogP contribution is -2.31. The number of ketones is 1. The first-order valence-electron chi connectivity index (χ1n) is 4.32. The van der Waals surface area contributed by atoms with Crippen LogP contribution >= 0.6 is 0 Å². The fraction of sp³-hybridized carbons (Fsp3) is 0.889. The Balaban J connectivity index is 1.92. The second kappa shape index (κ2) is 3.86. The van der Waals surface area contributed by atoms with Crippen molar-refractivity contribution in [2.75, 3.05) is 6.61 Å². The second-order valence-corrected chi connectivity index (χ2v) is 3.62. The normalized spacial score (nSPS) is 19.0. The lowest BCUT2D eigenvalue weighted by atomic mass is 9.94. The van der Waals surface area contributed by atoms with E-state index in [1.807, 2.05) is 0 Å². The van der Waals surface area contributed by atoms with E-state index in [0.717, 1.165) is 13.0 Å². The summed E-state index contributed by atoms with van der Waals surface area (Å²) in [5, 5.41) is 0. The maximum Gasteiger partial charge on any atom is 0.138 e. The molecule has 2 nitrogen and oxygen atoms in total. The maximum atomic E-state index is 10.5. The minimum Gasteiger partial charge on any atom is -0.377 e. The predicted molar refractivity (Wildman–Crippen MR) is 43.4 cm³/mol. The molecule has 0 atom stereocenters. The largest absolute Gasteiger partial charge is 0.377 e. The molecule has 0 bridgehead atoms. The number of carbonyl (C=O) groups excluding carboxylic acids is 1. The van der Waals surface area contributed by atoms with E-state index < -0.39 is 0 Å². The van der Waals surface area contributed by atoms with Crippen LogP contribution in [0.25, 0.3) is 0 Å². The minimum atomic E-state index is 0.251. The molecule has 0 N–H and O–H groups in total. The Morgan fingerprint density at radius 3 is 2.64 bits per heavy atom. The molecule has 0 aromatic rings. The summed E-state index contributed by atoms with van der Waals surface area (Å²) in [5.41, 5.74) is 0. The van der Waals surface area contributed by atoms with Gasteiger partial charge in [0, 0.05) is 19.4 Å². The van der Waals surface area contributed by atoms with E-state index in [1.54, 1.807) is 0 Å². The molecule has 0 radical (unpaired) electrons. The number of rotatable bonds is 4. The van der Waals surface area contributed by atoms with E-state index in [4.69, 9.17) is 4.74 Å². The van der Waals surface area contributed by atoms with E-state index in [0.29, 0.717) is 24.5 Å². The van der Waals surface area contributed by atoms with Crippen molar-refractivity contribution in [3.63, 3.8) is 0 Å². The van der Waals surface area contributed by atoms with Gasteiger partial charge < -0.3 is 4.74 Å². The summed E-state index contributed by atoms with van der Waals surface area (Å²) in [7, 11) is 0. The molecule has 0 aromatic heterocycles. The van der Waals surface area contributed by atoms with Crippen molar-refractivity contribution < 1.29 is 9.53 Å². The summed E-state index contributed by atoms with van der Waals surface area (Å²) in [4.78, 5) is 10.5. The lowest BCUT2D eigenvalue weighted by Gasteiger charge is -2.24. The lowest BCUT2D eigenvalue weighted by molar-refractivity contribution is -0.134. The van der Waals surface area contributed by atoms with Crippen LogP contribution in [-0.4, -0.2) is 18.5 Å². The van der Waals surface area contributed by atoms with Crippen LogP contribution in [0, 0.1) is 5.92 Å². The van der Waals surface area contributed by atoms with Crippen molar-refractivity contribution in [3.05, 3.63) is 0 Å². The smallest absolute Gasteiger partial charge is 0.138 e. The van der Waals surface area contributed by atoms with Crippen LogP contribution < -0.4 is 0 Å². The third kappa shape index (κ3) is 3.02. The highest BCUT2D eigenvalue weighted by atomic mass is 16.5. The van der Waals surface area contributed by atoms with Crippen molar-refractivity contribution in [3.8, 4) is 0 Å². The van der Waals surface area contributed by atoms with Gasteiger partial charge in [0.05, 0.1) is 6.10 Å². The average Bonchev–Trinajstić information content (AvgIpc) is 1.83. The fourth-order valence-corrected chi connectivity index (χ4v) is 1.04. The first-order valence-corrected chi connectivity index (χ1v) is 4.32. The monoisotopic (exact) mass is 156 g/mol. The third-order valence-electron chi connectivity index (χ3n) is 1.96. The number of Topliss-reactive ketones (excluding diaryl/α,β-unsaturated/α-hetero) is 1. The first-order chi connectivity index (χ1) is 5.18. The van der Waals surface area contributed by atoms with Crippen LogP contribution in [-0.2, 0) is 9.53 Å². The molecule has 11 heavy (non-hydrogen) atoms. The average molecular weight is 156 g/mol. The Morgan fingerprint density at radius 2 is 2.18 bits per heavy atom. The van der Waals surface area contributed by atoms with E-state index >= 15 is 0 Å². The molecule has 0 aliphatic heterocycles. The highest BCUT2D eigenvalue weighted by molar-refractivity contribution is 5.85. The van der Waals surface area contributed by atoms with Crippen molar-refractivity contribution in [2.45, 2.75) is 39.2 Å². The van der Waals surface area contributed by atoms with E-state index in [2.05, 4.69) is 13.8 Å². The van der Waals surface area contributed by atoms with Gasteiger partial charge in [0.2, 0.25) is 0 Å². The number of hydrogen-bond donors (Lipinski definition) is 0. The third-order valence-corrected chi connectivity index (χ3v) is 1.96. The number of hydrogen-bond acceptors (Lipinski definition) is 2. The maximum absolute atomic E-state index is 10.5. The summed E-state index contributed by atoms with van der Waals surface area (Å²) in [6, 6.07) is 0. The predicted octanol–water partition coefficient (Wildman–Crippen LogP) is 1.78. The summed E-state index contributed by atoms with van der Waals surface area (Å²) >= 11 is 0. The summed E-state index contributed by atoms with van der Waals surface area (Å²) in [6.07, 6.45) is 2.65. The molecule has 1 saturated carbocycles. The Hall–Kier alpha value is -0.370. The van der Waals surface area contributed by atoms with Gasteiger partial charge in [-0.05, 0) is 12.3 Å². The van der Waals surface area contributed by atoms with E-state index in [9.17, 15) is 4.79 Å². The zero-order chi connectivity index (χ0) is 8.27. The zero-order valence-corrected chi connectivity index (χ0v) is 7.30. The number of carbonyl (C=O) groups is 1. The summed E-state index contributed by atoms with van der Waals surface area (Å²) in [5.74, 6) is 1.05. The molecular weight excluding hydrogens is 140 g/mol. The first kappa shape index (κ1) is 8.72. The van der Waals surface area contributed by atoms with Gasteiger partial charge in [-0.2, -0.15) is 0 Å². The molecule has 64 valence electrons. The Labute approximate surface area is 67.9 Å². The van der Waals surface area contributed by atoms with Gasteiger partial charge in [0.1, 0.15) is 5.78 Å². The zero-order valence-electron chi connectivity index (χ0n) is 7.30. The quantitative estimate of drug-likeness (QED) is 0.620. The SMILES string of the molecule is CC(C)CCOC1CC(=O)C1. The van der Waals surface area contributed by atoms with Gasteiger partial charge in [-0.15, -0.1) is 0 Å². The van der Waals surface area contributed by atoms with Gasteiger partial charge in [-0.1, -0.05) is 13.8 Å². The Morgan fingerprint density at radius 1 is 1.55 bits per heavy atom. The Bertz CT molecular complexity index is 132. The van der Waals surface area contributed by atoms with Crippen molar-refractivity contribution in [2.24, 2.45) is 5.92 Å². The van der Waals surface area contributed by atoms with Crippen LogP contribution in [0.5, 0.6) is 0 Å². The molecule has 0 aromatic carbocycles. The van der Waals surface area contributed by atoms with Crippen LogP contribution in [0.15, 0.2) is 0 Å². The fourth-order valence-electron chi connectivity index (χ4n) is 1.04. The molecule has 0 saturated heterocycles. The molecule has 0 unspecified atom stereocenters. The van der Waals surface area contributed by atoms with Crippen LogP contribution in [0.3, 0.4) is 0 Å². The van der Waals surface area contributed by atoms with Gasteiger partial charge in [-0.3, -0.25) is 4.79 Å². The molecule has 2 heteroatoms. The summed E-state index contributed by atoms with van der Waals surface area (Å²) < 4.78 is 5.44. The van der Waals surface area contributed by atoms with Gasteiger partial charge in [-0.25, -0.2) is 0 Å². The highest BCUT2D eigenvalue weighted by Crippen LogP contribution is 2.18. The van der Waals surface area contributed by atoms with Crippen molar-refractivity contribution >= 4 is 5.78 Å². The molecule has 1 aliphatic carbocycles. The van der Waals surface area contributed by atoms with Crippen molar-refractivity contribution in [1.82, 2.24) is 0 Å². The van der Waals surface area contributed by atoms with E-state index in [-0.39, 0.29) is 6.10 Å².